The standard InChI is InChI=1S/C39H61N5O7/c1-15-19-28(35(48)50-16-2)40-32(45)25(3)22-23-42(12)34(47)30(37(4,5)6)41-33(46)31(44(14)36(49)51-38(7,8)9)39(10,11)27-24-43(13)29-21-18-17-20-26(27)29/h17-18,20-22,24,28,30-31H,15-16,19,23H2,1-14H3,(H,40,45)(H,41,46)/b25-22+. The van der Waals surface area contributed by atoms with E-state index in [9.17, 15) is 24.0 Å². The average Bonchev–Trinajstić information content (AvgIpc) is 3.37. The van der Waals surface area contributed by atoms with Crippen LogP contribution in [-0.4, -0.2) is 95.1 Å². The molecule has 12 nitrogen and oxygen atoms in total. The number of carbonyl (C=O) groups excluding carboxylic acids is 5. The molecule has 0 fully saturated rings. The number of para-hydroxylation sites is 1. The number of aromatic nitrogens is 1. The van der Waals surface area contributed by atoms with E-state index in [4.69, 9.17) is 9.47 Å². The lowest BCUT2D eigenvalue weighted by Gasteiger charge is -2.41. The van der Waals surface area contributed by atoms with Crippen LogP contribution in [0.25, 0.3) is 10.9 Å². The number of likely N-dealkylation sites (N-methyl/N-ethyl adjacent to an activating group) is 2. The Labute approximate surface area is 304 Å². The summed E-state index contributed by atoms with van der Waals surface area (Å²) in [5.74, 6) is -1.82. The number of benzene rings is 1. The molecule has 0 bridgehead atoms. The van der Waals surface area contributed by atoms with Gasteiger partial charge in [0.05, 0.1) is 6.61 Å². The third-order valence-electron chi connectivity index (χ3n) is 8.85. The second kappa shape index (κ2) is 17.2. The zero-order chi connectivity index (χ0) is 39.1. The molecule has 1 heterocycles. The molecule has 0 saturated carbocycles. The molecule has 0 aliphatic carbocycles. The second-order valence-electron chi connectivity index (χ2n) is 15.9. The van der Waals surface area contributed by atoms with Gasteiger partial charge in [-0.05, 0) is 58.1 Å². The molecule has 2 rings (SSSR count). The number of esters is 1. The highest BCUT2D eigenvalue weighted by molar-refractivity contribution is 5.96. The first-order valence-electron chi connectivity index (χ1n) is 17.7. The smallest absolute Gasteiger partial charge is 0.410 e. The van der Waals surface area contributed by atoms with Crippen LogP contribution < -0.4 is 10.6 Å². The number of ether oxygens (including phenoxy) is 2. The Balaban J connectivity index is 2.44. The van der Waals surface area contributed by atoms with Crippen LogP contribution in [0.5, 0.6) is 0 Å². The van der Waals surface area contributed by atoms with Gasteiger partial charge in [0.2, 0.25) is 17.7 Å². The summed E-state index contributed by atoms with van der Waals surface area (Å²) in [5, 5.41) is 6.68. The van der Waals surface area contributed by atoms with Crippen LogP contribution in [-0.2, 0) is 41.1 Å². The number of amides is 4. The van der Waals surface area contributed by atoms with Gasteiger partial charge in [-0.15, -0.1) is 0 Å². The number of hydrogen-bond acceptors (Lipinski definition) is 7. The van der Waals surface area contributed by atoms with Crippen molar-refractivity contribution in [1.29, 1.82) is 0 Å². The summed E-state index contributed by atoms with van der Waals surface area (Å²) in [6.45, 7) is 20.2. The van der Waals surface area contributed by atoms with Gasteiger partial charge >= 0.3 is 12.1 Å². The van der Waals surface area contributed by atoms with Crippen molar-refractivity contribution in [2.75, 3.05) is 27.2 Å². The van der Waals surface area contributed by atoms with Crippen LogP contribution in [0.1, 0.15) is 94.6 Å². The minimum absolute atomic E-state index is 0.0706. The van der Waals surface area contributed by atoms with Crippen molar-refractivity contribution in [2.45, 2.75) is 118 Å². The third-order valence-corrected chi connectivity index (χ3v) is 8.85. The Morgan fingerprint density at radius 3 is 2.10 bits per heavy atom. The number of carbonyl (C=O) groups is 5. The molecule has 0 saturated heterocycles. The van der Waals surface area contributed by atoms with Crippen LogP contribution in [0, 0.1) is 5.41 Å². The minimum atomic E-state index is -1.08. The molecular formula is C39H61N5O7. The number of nitrogens with zero attached hydrogens (tertiary/aromatic N) is 3. The van der Waals surface area contributed by atoms with Crippen molar-refractivity contribution in [3.8, 4) is 0 Å². The second-order valence-corrected chi connectivity index (χ2v) is 15.9. The Hall–Kier alpha value is -4.35. The highest BCUT2D eigenvalue weighted by Crippen LogP contribution is 2.37. The van der Waals surface area contributed by atoms with Gasteiger partial charge in [-0.3, -0.25) is 19.3 Å². The van der Waals surface area contributed by atoms with E-state index in [1.54, 1.807) is 47.7 Å². The van der Waals surface area contributed by atoms with Crippen molar-refractivity contribution in [1.82, 2.24) is 25.0 Å². The van der Waals surface area contributed by atoms with E-state index in [0.717, 1.165) is 16.5 Å². The summed E-state index contributed by atoms with van der Waals surface area (Å²) < 4.78 is 12.8. The lowest BCUT2D eigenvalue weighted by molar-refractivity contribution is -0.147. The van der Waals surface area contributed by atoms with E-state index >= 15 is 0 Å². The average molecular weight is 712 g/mol. The molecular weight excluding hydrogens is 650 g/mol. The molecule has 2 N–H and O–H groups in total. The predicted octanol–water partition coefficient (Wildman–Crippen LogP) is 5.48. The molecule has 1 aromatic carbocycles. The molecule has 3 unspecified atom stereocenters. The number of fused-ring (bicyclic) bond motifs is 1. The molecule has 4 amide bonds. The Kier molecular flexibility index (Phi) is 14.5. The van der Waals surface area contributed by atoms with Crippen molar-refractivity contribution < 1.29 is 33.4 Å². The summed E-state index contributed by atoms with van der Waals surface area (Å²) in [5.41, 5.74) is -0.325. The fourth-order valence-corrected chi connectivity index (χ4v) is 6.03. The maximum absolute atomic E-state index is 14.6. The zero-order valence-electron chi connectivity index (χ0n) is 33.2. The molecule has 0 spiro atoms. The monoisotopic (exact) mass is 711 g/mol. The van der Waals surface area contributed by atoms with E-state index in [1.807, 2.05) is 83.6 Å². The SMILES string of the molecule is CCCC(NC(=O)/C(C)=C/CN(C)C(=O)C(NC(=O)C(N(C)C(=O)OC(C)(C)C)C(C)(C)c1cn(C)c2ccccc12)C(C)(C)C)C(=O)OCC. The number of nitrogens with one attached hydrogen (secondary N) is 2. The predicted molar refractivity (Wildman–Crippen MR) is 200 cm³/mol. The van der Waals surface area contributed by atoms with Crippen LogP contribution >= 0.6 is 0 Å². The number of aryl methyl sites for hydroxylation is 1. The molecule has 0 aliphatic rings. The molecule has 51 heavy (non-hydrogen) atoms. The Bertz CT molecular complexity index is 1590. The highest BCUT2D eigenvalue weighted by Gasteiger charge is 2.46. The topological polar surface area (TPSA) is 139 Å². The number of hydrogen-bond donors (Lipinski definition) is 2. The summed E-state index contributed by atoms with van der Waals surface area (Å²) in [7, 11) is 5.07. The minimum Gasteiger partial charge on any atom is -0.464 e. The molecule has 1 aromatic heterocycles. The summed E-state index contributed by atoms with van der Waals surface area (Å²) in [4.78, 5) is 70.2. The first-order chi connectivity index (χ1) is 23.5. The van der Waals surface area contributed by atoms with Gasteiger partial charge in [0.1, 0.15) is 23.7 Å². The lowest BCUT2D eigenvalue weighted by atomic mass is 9.76. The maximum atomic E-state index is 14.6. The van der Waals surface area contributed by atoms with Crippen LogP contribution in [0.4, 0.5) is 4.79 Å². The third kappa shape index (κ3) is 11.1. The van der Waals surface area contributed by atoms with Gasteiger partial charge in [0.15, 0.2) is 0 Å². The highest BCUT2D eigenvalue weighted by atomic mass is 16.6. The number of rotatable bonds is 14. The molecule has 12 heteroatoms. The lowest BCUT2D eigenvalue weighted by Crippen LogP contribution is -2.62. The fourth-order valence-electron chi connectivity index (χ4n) is 6.03. The molecule has 0 aliphatic heterocycles. The summed E-state index contributed by atoms with van der Waals surface area (Å²) in [6, 6.07) is 5.02. The zero-order valence-corrected chi connectivity index (χ0v) is 33.2. The summed E-state index contributed by atoms with van der Waals surface area (Å²) >= 11 is 0. The normalized spacial score (nSPS) is 14.3. The van der Waals surface area contributed by atoms with Gasteiger partial charge in [0, 0.05) is 55.8 Å². The van der Waals surface area contributed by atoms with E-state index in [2.05, 4.69) is 10.6 Å². The van der Waals surface area contributed by atoms with Crippen molar-refractivity contribution in [3.05, 3.63) is 47.7 Å². The van der Waals surface area contributed by atoms with E-state index < -0.39 is 58.4 Å². The van der Waals surface area contributed by atoms with Crippen molar-refractivity contribution >= 4 is 40.7 Å². The molecule has 3 atom stereocenters. The van der Waals surface area contributed by atoms with Gasteiger partial charge < -0.3 is 29.6 Å². The van der Waals surface area contributed by atoms with E-state index in [-0.39, 0.29) is 19.1 Å². The summed E-state index contributed by atoms with van der Waals surface area (Å²) in [6.07, 6.45) is 4.01. The first-order valence-corrected chi connectivity index (χ1v) is 17.7. The van der Waals surface area contributed by atoms with E-state index in [1.165, 1.54) is 16.8 Å². The Morgan fingerprint density at radius 2 is 1.55 bits per heavy atom. The first kappa shape index (κ1) is 42.8. The quantitative estimate of drug-likeness (QED) is 0.196. The molecule has 284 valence electrons. The van der Waals surface area contributed by atoms with Crippen molar-refractivity contribution in [3.63, 3.8) is 0 Å². The Morgan fingerprint density at radius 1 is 0.941 bits per heavy atom. The van der Waals surface area contributed by atoms with Crippen LogP contribution in [0.15, 0.2) is 42.1 Å². The van der Waals surface area contributed by atoms with Gasteiger partial charge in [-0.2, -0.15) is 0 Å². The van der Waals surface area contributed by atoms with Gasteiger partial charge in [-0.25, -0.2) is 9.59 Å². The van der Waals surface area contributed by atoms with Crippen molar-refractivity contribution in [2.24, 2.45) is 12.5 Å². The fraction of sp³-hybridized carbons (Fsp3) is 0.615. The van der Waals surface area contributed by atoms with Crippen LogP contribution in [0.2, 0.25) is 0 Å². The maximum Gasteiger partial charge on any atom is 0.410 e. The van der Waals surface area contributed by atoms with Gasteiger partial charge in [-0.1, -0.05) is 72.2 Å². The van der Waals surface area contributed by atoms with Crippen LogP contribution in [0.3, 0.4) is 0 Å². The largest absolute Gasteiger partial charge is 0.464 e. The van der Waals surface area contributed by atoms with Gasteiger partial charge in [0.25, 0.3) is 0 Å². The molecule has 0 radical (unpaired) electrons. The van der Waals surface area contributed by atoms with E-state index in [0.29, 0.717) is 18.4 Å². The molecule has 2 aromatic rings.